The first kappa shape index (κ1) is 13.4. The fraction of sp³-hybridized carbons (Fsp3) is 0.875. The highest BCUT2D eigenvalue weighted by Gasteiger charge is 2.11. The fourth-order valence-electron chi connectivity index (χ4n) is 0.582. The monoisotopic (exact) mass is 178 g/mol. The van der Waals surface area contributed by atoms with Crippen molar-refractivity contribution >= 4 is 19.5 Å². The van der Waals surface area contributed by atoms with E-state index in [1.54, 1.807) is 0 Å². The average Bonchev–Trinajstić information content (AvgIpc) is 1.87. The van der Waals surface area contributed by atoms with Crippen molar-refractivity contribution in [3.05, 3.63) is 0 Å². The number of rotatable bonds is 3. The molecule has 0 aromatic heterocycles. The maximum Gasteiger partial charge on any atom is 0.305 e. The van der Waals surface area contributed by atoms with Crippen LogP contribution in [0.25, 0.3) is 0 Å². The van der Waals surface area contributed by atoms with E-state index >= 15 is 0 Å². The van der Waals surface area contributed by atoms with Crippen LogP contribution in [0, 0.1) is 11.8 Å². The molecule has 0 aromatic carbocycles. The van der Waals surface area contributed by atoms with Crippen molar-refractivity contribution in [1.82, 2.24) is 0 Å². The Morgan fingerprint density at radius 3 is 2.09 bits per heavy atom. The molecule has 0 N–H and O–H groups in total. The van der Waals surface area contributed by atoms with Crippen molar-refractivity contribution in [2.45, 2.75) is 27.2 Å². The van der Waals surface area contributed by atoms with E-state index in [0.29, 0.717) is 18.3 Å². The van der Waals surface area contributed by atoms with Gasteiger partial charge in [-0.25, -0.2) is 0 Å². The van der Waals surface area contributed by atoms with Crippen LogP contribution >= 0.6 is 13.5 Å². The predicted molar refractivity (Wildman–Crippen MR) is 51.0 cm³/mol. The second-order valence-electron chi connectivity index (χ2n) is 3.00. The van der Waals surface area contributed by atoms with Gasteiger partial charge in [0.05, 0.1) is 7.11 Å². The Morgan fingerprint density at radius 1 is 1.36 bits per heavy atom. The van der Waals surface area contributed by atoms with Gasteiger partial charge in [0.25, 0.3) is 0 Å². The minimum absolute atomic E-state index is 0. The molecule has 0 saturated carbocycles. The molecule has 0 aliphatic carbocycles. The lowest BCUT2D eigenvalue weighted by molar-refractivity contribution is -0.141. The van der Waals surface area contributed by atoms with Crippen molar-refractivity contribution in [1.29, 1.82) is 0 Å². The van der Waals surface area contributed by atoms with Gasteiger partial charge in [-0.15, -0.1) is 0 Å². The summed E-state index contributed by atoms with van der Waals surface area (Å²) in [6, 6.07) is 0. The normalized spacial score (nSPS) is 12.1. The van der Waals surface area contributed by atoms with Gasteiger partial charge in [0, 0.05) is 6.42 Å². The predicted octanol–water partition coefficient (Wildman–Crippen LogP) is 1.95. The molecule has 0 aromatic rings. The van der Waals surface area contributed by atoms with E-state index in [2.05, 4.69) is 25.5 Å². The molecule has 0 aliphatic heterocycles. The zero-order valence-electron chi connectivity index (χ0n) is 7.68. The van der Waals surface area contributed by atoms with Gasteiger partial charge >= 0.3 is 5.97 Å². The molecular weight excluding hydrogens is 160 g/mol. The van der Waals surface area contributed by atoms with Crippen molar-refractivity contribution in [2.24, 2.45) is 11.8 Å². The summed E-state index contributed by atoms with van der Waals surface area (Å²) in [5.41, 5.74) is 0. The summed E-state index contributed by atoms with van der Waals surface area (Å²) >= 11 is 0. The van der Waals surface area contributed by atoms with Gasteiger partial charge in [-0.2, -0.15) is 13.5 Å². The summed E-state index contributed by atoms with van der Waals surface area (Å²) in [7, 11) is 1.43. The van der Waals surface area contributed by atoms with Gasteiger partial charge in [-0.1, -0.05) is 20.8 Å². The number of esters is 1. The largest absolute Gasteiger partial charge is 0.469 e. The number of carbonyl (C=O) groups excluding carboxylic acids is 1. The van der Waals surface area contributed by atoms with Crippen LogP contribution in [0.4, 0.5) is 0 Å². The quantitative estimate of drug-likeness (QED) is 0.617. The lowest BCUT2D eigenvalue weighted by Gasteiger charge is -2.12. The van der Waals surface area contributed by atoms with E-state index in [1.165, 1.54) is 7.11 Å². The topological polar surface area (TPSA) is 26.3 Å². The number of hydrogen-bond donors (Lipinski definition) is 0. The number of hydrogen-bond acceptors (Lipinski definition) is 2. The molecule has 0 saturated heterocycles. The molecule has 0 heterocycles. The van der Waals surface area contributed by atoms with Gasteiger partial charge in [-0.05, 0) is 11.8 Å². The molecule has 0 spiro atoms. The Balaban J connectivity index is 0. The van der Waals surface area contributed by atoms with Crippen LogP contribution < -0.4 is 0 Å². The summed E-state index contributed by atoms with van der Waals surface area (Å²) in [5, 5.41) is 0. The molecule has 68 valence electrons. The van der Waals surface area contributed by atoms with Gasteiger partial charge in [0.15, 0.2) is 0 Å². The molecule has 0 aliphatic rings. The molecule has 2 nitrogen and oxygen atoms in total. The Labute approximate surface area is 75.8 Å². The molecule has 0 radical (unpaired) electrons. The Morgan fingerprint density at radius 2 is 1.82 bits per heavy atom. The smallest absolute Gasteiger partial charge is 0.305 e. The standard InChI is InChI=1S/C8H16O2.H2S/c1-6(2)7(3)5-8(9)10-4;/h6-7H,5H2,1-4H3;1H2/t7-;/m0./s1. The maximum atomic E-state index is 10.7. The molecule has 0 bridgehead atoms. The van der Waals surface area contributed by atoms with E-state index < -0.39 is 0 Å². The molecule has 1 atom stereocenters. The lowest BCUT2D eigenvalue weighted by atomic mass is 9.95. The summed E-state index contributed by atoms with van der Waals surface area (Å²) in [6.45, 7) is 6.27. The number of methoxy groups -OCH3 is 1. The van der Waals surface area contributed by atoms with Gasteiger partial charge in [0.2, 0.25) is 0 Å². The summed E-state index contributed by atoms with van der Waals surface area (Å²) in [4.78, 5) is 10.7. The van der Waals surface area contributed by atoms with Crippen LogP contribution in [0.5, 0.6) is 0 Å². The third kappa shape index (κ3) is 6.23. The first-order chi connectivity index (χ1) is 4.57. The third-order valence-electron chi connectivity index (χ3n) is 1.85. The average molecular weight is 178 g/mol. The fourth-order valence-corrected chi connectivity index (χ4v) is 0.582. The minimum Gasteiger partial charge on any atom is -0.469 e. The van der Waals surface area contributed by atoms with E-state index in [9.17, 15) is 4.79 Å². The first-order valence-electron chi connectivity index (χ1n) is 3.64. The number of carbonyl (C=O) groups is 1. The summed E-state index contributed by atoms with van der Waals surface area (Å²) in [5.74, 6) is 0.868. The van der Waals surface area contributed by atoms with Crippen LogP contribution in [0.1, 0.15) is 27.2 Å². The zero-order chi connectivity index (χ0) is 8.15. The molecule has 0 amide bonds. The Hall–Kier alpha value is -0.180. The maximum absolute atomic E-state index is 10.7. The summed E-state index contributed by atoms with van der Waals surface area (Å²) in [6.07, 6.45) is 0.536. The van der Waals surface area contributed by atoms with Gasteiger partial charge < -0.3 is 4.74 Å². The van der Waals surface area contributed by atoms with Crippen molar-refractivity contribution in [3.8, 4) is 0 Å². The van der Waals surface area contributed by atoms with Crippen LogP contribution in [0.3, 0.4) is 0 Å². The molecule has 0 unspecified atom stereocenters. The van der Waals surface area contributed by atoms with Crippen molar-refractivity contribution in [3.63, 3.8) is 0 Å². The second-order valence-corrected chi connectivity index (χ2v) is 3.00. The Bertz CT molecular complexity index is 113. The molecule has 3 heteroatoms. The highest BCUT2D eigenvalue weighted by Crippen LogP contribution is 2.13. The molecule has 0 rings (SSSR count). The molecule has 11 heavy (non-hydrogen) atoms. The minimum atomic E-state index is -0.110. The highest BCUT2D eigenvalue weighted by molar-refractivity contribution is 7.59. The summed E-state index contributed by atoms with van der Waals surface area (Å²) < 4.78 is 4.53. The van der Waals surface area contributed by atoms with E-state index in [1.807, 2.05) is 0 Å². The third-order valence-corrected chi connectivity index (χ3v) is 1.85. The van der Waals surface area contributed by atoms with Crippen LogP contribution in [0.2, 0.25) is 0 Å². The molecule has 0 fully saturated rings. The zero-order valence-corrected chi connectivity index (χ0v) is 8.68. The van der Waals surface area contributed by atoms with E-state index in [-0.39, 0.29) is 19.5 Å². The highest BCUT2D eigenvalue weighted by atomic mass is 32.1. The van der Waals surface area contributed by atoms with Crippen LogP contribution in [0.15, 0.2) is 0 Å². The number of ether oxygens (including phenoxy) is 1. The van der Waals surface area contributed by atoms with Crippen LogP contribution in [-0.4, -0.2) is 13.1 Å². The Kier molecular flexibility index (Phi) is 7.96. The van der Waals surface area contributed by atoms with Crippen molar-refractivity contribution in [2.75, 3.05) is 7.11 Å². The van der Waals surface area contributed by atoms with Gasteiger partial charge in [-0.3, -0.25) is 4.79 Å². The lowest BCUT2D eigenvalue weighted by Crippen LogP contribution is -2.11. The van der Waals surface area contributed by atoms with E-state index in [4.69, 9.17) is 0 Å². The first-order valence-corrected chi connectivity index (χ1v) is 3.64. The van der Waals surface area contributed by atoms with Gasteiger partial charge in [0.1, 0.15) is 0 Å². The second kappa shape index (κ2) is 6.53. The SMILES string of the molecule is COC(=O)C[C@H](C)C(C)C.S. The van der Waals surface area contributed by atoms with E-state index in [0.717, 1.165) is 0 Å². The van der Waals surface area contributed by atoms with Crippen molar-refractivity contribution < 1.29 is 9.53 Å². The molecular formula is C8H18O2S. The van der Waals surface area contributed by atoms with Crippen LogP contribution in [-0.2, 0) is 9.53 Å².